The predicted octanol–water partition coefficient (Wildman–Crippen LogP) is 4.79. The van der Waals surface area contributed by atoms with Crippen LogP contribution in [0.25, 0.3) is 0 Å². The predicted molar refractivity (Wildman–Crippen MR) is 156 cm³/mol. The average molecular weight is 561 g/mol. The number of nitriles is 1. The van der Waals surface area contributed by atoms with E-state index in [1.807, 2.05) is 46.0 Å². The number of ether oxygens (including phenoxy) is 3. The minimum atomic E-state index is -0.474. The molecule has 0 spiro atoms. The summed E-state index contributed by atoms with van der Waals surface area (Å²) in [5.74, 6) is 1.71. The summed E-state index contributed by atoms with van der Waals surface area (Å²) in [5.41, 5.74) is 4.12. The highest BCUT2D eigenvalue weighted by molar-refractivity contribution is 5.76. The molecule has 4 aliphatic rings. The Labute approximate surface area is 242 Å². The summed E-state index contributed by atoms with van der Waals surface area (Å²) in [6, 6.07) is 8.97. The van der Waals surface area contributed by atoms with Crippen LogP contribution in [0.4, 0.5) is 22.0 Å². The van der Waals surface area contributed by atoms with Gasteiger partial charge >= 0.3 is 6.09 Å². The SMILES string of the molecule is CC1Oc2c(C#N)cc(C3CCN(C4CN(C(=O)OC(C)(C)C)C4)CC3)cc2Nc2nccc(N3CCOCC3)c21. The third-order valence-electron chi connectivity index (χ3n) is 8.54. The summed E-state index contributed by atoms with van der Waals surface area (Å²) in [5, 5.41) is 13.7. The van der Waals surface area contributed by atoms with Gasteiger partial charge in [0.25, 0.3) is 0 Å². The molecule has 0 aliphatic carbocycles. The van der Waals surface area contributed by atoms with Crippen molar-refractivity contribution in [2.45, 2.75) is 64.2 Å². The topological polar surface area (TPSA) is 103 Å². The largest absolute Gasteiger partial charge is 0.482 e. The molecule has 3 fully saturated rings. The van der Waals surface area contributed by atoms with Gasteiger partial charge < -0.3 is 29.3 Å². The molecule has 1 atom stereocenters. The monoisotopic (exact) mass is 560 g/mol. The molecule has 1 aromatic carbocycles. The normalized spacial score (nSPS) is 21.9. The number of anilines is 3. The number of carbonyl (C=O) groups is 1. The van der Waals surface area contributed by atoms with Crippen molar-refractivity contribution in [2.75, 3.05) is 62.7 Å². The van der Waals surface area contributed by atoms with Crippen LogP contribution in [0.3, 0.4) is 0 Å². The summed E-state index contributed by atoms with van der Waals surface area (Å²) < 4.78 is 17.5. The number of pyridine rings is 1. The number of morpholine rings is 1. The van der Waals surface area contributed by atoms with E-state index in [1.165, 1.54) is 0 Å². The van der Waals surface area contributed by atoms with Gasteiger partial charge in [0.05, 0.1) is 30.0 Å². The molecular formula is C31H40N6O4. The maximum Gasteiger partial charge on any atom is 0.410 e. The number of carbonyl (C=O) groups excluding carboxylic acids is 1. The molecule has 218 valence electrons. The maximum absolute atomic E-state index is 12.3. The Morgan fingerprint density at radius 3 is 2.56 bits per heavy atom. The van der Waals surface area contributed by atoms with E-state index in [1.54, 1.807) is 4.90 Å². The second-order valence-corrected chi connectivity index (χ2v) is 12.5. The lowest BCUT2D eigenvalue weighted by atomic mass is 9.87. The van der Waals surface area contributed by atoms with Gasteiger partial charge in [0.2, 0.25) is 0 Å². The van der Waals surface area contributed by atoms with Crippen molar-refractivity contribution in [3.8, 4) is 11.8 Å². The van der Waals surface area contributed by atoms with E-state index in [-0.39, 0.29) is 12.2 Å². The number of nitrogens with zero attached hydrogens (tertiary/aromatic N) is 5. The van der Waals surface area contributed by atoms with Crippen LogP contribution in [0.5, 0.6) is 5.75 Å². The third kappa shape index (κ3) is 5.66. The standard InChI is InChI=1S/C31H40N6O4/c1-20-27-26(36-11-13-39-14-12-36)5-8-33-29(27)34-25-16-22(15-23(17-32)28(25)40-20)21-6-9-35(10-7-21)24-18-37(19-24)30(38)41-31(2,3)4/h5,8,15-16,20-21,24H,6-7,9-14,18-19H2,1-4H3,(H,33,34). The maximum atomic E-state index is 12.3. The second kappa shape index (κ2) is 11.0. The smallest absolute Gasteiger partial charge is 0.410 e. The van der Waals surface area contributed by atoms with Crippen molar-refractivity contribution >= 4 is 23.3 Å². The number of piperidine rings is 1. The van der Waals surface area contributed by atoms with Gasteiger partial charge in [-0.3, -0.25) is 4.90 Å². The molecule has 6 rings (SSSR count). The van der Waals surface area contributed by atoms with Crippen molar-refractivity contribution in [1.29, 1.82) is 5.26 Å². The molecule has 1 amide bonds. The Hall–Kier alpha value is -3.55. The van der Waals surface area contributed by atoms with E-state index in [9.17, 15) is 10.1 Å². The molecule has 10 heteroatoms. The van der Waals surface area contributed by atoms with Crippen LogP contribution in [-0.2, 0) is 9.47 Å². The van der Waals surface area contributed by atoms with Gasteiger partial charge in [0, 0.05) is 44.1 Å². The van der Waals surface area contributed by atoms with Gasteiger partial charge in [-0.15, -0.1) is 0 Å². The number of hydrogen-bond acceptors (Lipinski definition) is 9. The molecule has 1 unspecified atom stereocenters. The summed E-state index contributed by atoms with van der Waals surface area (Å²) in [6.07, 6.45) is 3.34. The Morgan fingerprint density at radius 1 is 1.15 bits per heavy atom. The Balaban J connectivity index is 1.16. The molecule has 10 nitrogen and oxygen atoms in total. The molecule has 1 aromatic heterocycles. The number of benzene rings is 1. The zero-order valence-electron chi connectivity index (χ0n) is 24.5. The van der Waals surface area contributed by atoms with Crippen LogP contribution in [0.2, 0.25) is 0 Å². The van der Waals surface area contributed by atoms with Crippen LogP contribution in [0, 0.1) is 11.3 Å². The fourth-order valence-corrected chi connectivity index (χ4v) is 6.36. The van der Waals surface area contributed by atoms with Crippen molar-refractivity contribution < 1.29 is 19.0 Å². The van der Waals surface area contributed by atoms with Gasteiger partial charge in [-0.25, -0.2) is 9.78 Å². The minimum absolute atomic E-state index is 0.227. The molecule has 0 saturated carbocycles. The molecule has 3 saturated heterocycles. The van der Waals surface area contributed by atoms with Crippen LogP contribution in [0.1, 0.15) is 69.2 Å². The summed E-state index contributed by atoms with van der Waals surface area (Å²) in [7, 11) is 0. The average Bonchev–Trinajstić information content (AvgIpc) is 3.07. The zero-order chi connectivity index (χ0) is 28.7. The highest BCUT2D eigenvalue weighted by Gasteiger charge is 2.38. The molecule has 0 bridgehead atoms. The molecule has 2 aromatic rings. The highest BCUT2D eigenvalue weighted by atomic mass is 16.6. The highest BCUT2D eigenvalue weighted by Crippen LogP contribution is 2.45. The molecule has 5 heterocycles. The number of rotatable bonds is 3. The lowest BCUT2D eigenvalue weighted by Crippen LogP contribution is -2.62. The van der Waals surface area contributed by atoms with E-state index in [4.69, 9.17) is 14.2 Å². The van der Waals surface area contributed by atoms with Gasteiger partial charge in [-0.2, -0.15) is 5.26 Å². The van der Waals surface area contributed by atoms with E-state index in [0.29, 0.717) is 36.5 Å². The van der Waals surface area contributed by atoms with Crippen LogP contribution < -0.4 is 15.0 Å². The number of nitrogens with one attached hydrogen (secondary N) is 1. The van der Waals surface area contributed by atoms with E-state index in [0.717, 1.165) is 80.4 Å². The lowest BCUT2D eigenvalue weighted by Gasteiger charge is -2.47. The molecule has 41 heavy (non-hydrogen) atoms. The summed E-state index contributed by atoms with van der Waals surface area (Å²) in [6.45, 7) is 14.1. The van der Waals surface area contributed by atoms with Gasteiger partial charge in [0.15, 0.2) is 5.75 Å². The van der Waals surface area contributed by atoms with Crippen LogP contribution in [-0.4, -0.2) is 85.0 Å². The number of hydrogen-bond donors (Lipinski definition) is 1. The van der Waals surface area contributed by atoms with Crippen LogP contribution >= 0.6 is 0 Å². The van der Waals surface area contributed by atoms with Gasteiger partial charge in [0.1, 0.15) is 23.6 Å². The number of fused-ring (bicyclic) bond motifs is 2. The van der Waals surface area contributed by atoms with Crippen molar-refractivity contribution in [3.05, 3.63) is 41.1 Å². The first kappa shape index (κ1) is 27.6. The Morgan fingerprint density at radius 2 is 1.88 bits per heavy atom. The number of amides is 1. The number of aromatic nitrogens is 1. The van der Waals surface area contributed by atoms with Crippen molar-refractivity contribution in [3.63, 3.8) is 0 Å². The summed E-state index contributed by atoms with van der Waals surface area (Å²) in [4.78, 5) is 23.6. The molecule has 0 radical (unpaired) electrons. The van der Waals surface area contributed by atoms with Crippen molar-refractivity contribution in [1.82, 2.24) is 14.8 Å². The van der Waals surface area contributed by atoms with Gasteiger partial charge in [-0.1, -0.05) is 0 Å². The fourth-order valence-electron chi connectivity index (χ4n) is 6.36. The van der Waals surface area contributed by atoms with Crippen molar-refractivity contribution in [2.24, 2.45) is 0 Å². The first-order valence-electron chi connectivity index (χ1n) is 14.8. The molecular weight excluding hydrogens is 520 g/mol. The van der Waals surface area contributed by atoms with Crippen LogP contribution in [0.15, 0.2) is 24.4 Å². The second-order valence-electron chi connectivity index (χ2n) is 12.5. The fraction of sp³-hybridized carbons (Fsp3) is 0.581. The molecule has 4 aliphatic heterocycles. The first-order chi connectivity index (χ1) is 19.7. The number of likely N-dealkylation sites (tertiary alicyclic amines) is 2. The first-order valence-corrected chi connectivity index (χ1v) is 14.8. The zero-order valence-corrected chi connectivity index (χ0v) is 24.5. The quantitative estimate of drug-likeness (QED) is 0.568. The summed E-state index contributed by atoms with van der Waals surface area (Å²) >= 11 is 0. The van der Waals surface area contributed by atoms with Gasteiger partial charge in [-0.05, 0) is 83.3 Å². The minimum Gasteiger partial charge on any atom is -0.482 e. The third-order valence-corrected chi connectivity index (χ3v) is 8.54. The van der Waals surface area contributed by atoms with E-state index in [2.05, 4.69) is 32.2 Å². The Bertz CT molecular complexity index is 1330. The lowest BCUT2D eigenvalue weighted by molar-refractivity contribution is -0.0196. The van der Waals surface area contributed by atoms with E-state index < -0.39 is 5.60 Å². The Kier molecular flexibility index (Phi) is 7.43. The molecule has 1 N–H and O–H groups in total. The van der Waals surface area contributed by atoms with E-state index >= 15 is 0 Å².